The summed E-state index contributed by atoms with van der Waals surface area (Å²) in [5, 5.41) is 13.2. The van der Waals surface area contributed by atoms with Crippen molar-refractivity contribution in [3.63, 3.8) is 0 Å². The second kappa shape index (κ2) is 4.69. The Bertz CT molecular complexity index is 679. The van der Waals surface area contributed by atoms with Crippen molar-refractivity contribution in [1.82, 2.24) is 9.78 Å². The van der Waals surface area contributed by atoms with Gasteiger partial charge in [-0.1, -0.05) is 12.1 Å². The third-order valence-electron chi connectivity index (χ3n) is 3.45. The van der Waals surface area contributed by atoms with Crippen LogP contribution in [-0.4, -0.2) is 15.6 Å². The lowest BCUT2D eigenvalue weighted by Crippen LogP contribution is -2.14. The quantitative estimate of drug-likeness (QED) is 0.823. The zero-order chi connectivity index (χ0) is 13.2. The van der Waals surface area contributed by atoms with Crippen LogP contribution in [0, 0.1) is 11.3 Å². The van der Waals surface area contributed by atoms with Crippen LogP contribution >= 0.6 is 0 Å². The van der Waals surface area contributed by atoms with Gasteiger partial charge >= 0.3 is 0 Å². The van der Waals surface area contributed by atoms with E-state index in [1.165, 1.54) is 0 Å². The summed E-state index contributed by atoms with van der Waals surface area (Å²) < 4.78 is 1.88. The van der Waals surface area contributed by atoms with Crippen molar-refractivity contribution >= 4 is 5.78 Å². The van der Waals surface area contributed by atoms with Crippen LogP contribution in [0.4, 0.5) is 0 Å². The van der Waals surface area contributed by atoms with Gasteiger partial charge in [-0.2, -0.15) is 10.4 Å². The van der Waals surface area contributed by atoms with Gasteiger partial charge in [-0.05, 0) is 30.5 Å². The lowest BCUT2D eigenvalue weighted by Gasteiger charge is -2.13. The molecule has 0 unspecified atom stereocenters. The fraction of sp³-hybridized carbons (Fsp3) is 0.267. The van der Waals surface area contributed by atoms with Gasteiger partial charge in [0.1, 0.15) is 0 Å². The summed E-state index contributed by atoms with van der Waals surface area (Å²) in [6, 6.07) is 9.62. The van der Waals surface area contributed by atoms with Crippen LogP contribution in [0.25, 0.3) is 0 Å². The van der Waals surface area contributed by atoms with E-state index in [1.54, 1.807) is 12.3 Å². The molecule has 0 bridgehead atoms. The minimum atomic E-state index is 0.193. The minimum Gasteiger partial charge on any atom is -0.294 e. The summed E-state index contributed by atoms with van der Waals surface area (Å²) in [7, 11) is 0. The predicted octanol–water partition coefficient (Wildman–Crippen LogP) is 2.32. The molecule has 0 atom stereocenters. The zero-order valence-corrected chi connectivity index (χ0v) is 10.5. The van der Waals surface area contributed by atoms with Gasteiger partial charge in [-0.15, -0.1) is 0 Å². The van der Waals surface area contributed by atoms with E-state index >= 15 is 0 Å². The highest BCUT2D eigenvalue weighted by Gasteiger charge is 2.21. The molecule has 1 aliphatic rings. The summed E-state index contributed by atoms with van der Waals surface area (Å²) in [6.07, 6.45) is 4.10. The Hall–Kier alpha value is -2.41. The van der Waals surface area contributed by atoms with Crippen molar-refractivity contribution in [3.8, 4) is 6.07 Å². The van der Waals surface area contributed by atoms with Gasteiger partial charge in [0.05, 0.1) is 29.9 Å². The van der Waals surface area contributed by atoms with Gasteiger partial charge in [-0.3, -0.25) is 9.48 Å². The van der Waals surface area contributed by atoms with E-state index in [2.05, 4.69) is 11.2 Å². The van der Waals surface area contributed by atoms with Crippen LogP contribution in [0.15, 0.2) is 30.5 Å². The van der Waals surface area contributed by atoms with E-state index in [0.29, 0.717) is 18.5 Å². The molecule has 0 saturated carbocycles. The molecule has 0 fully saturated rings. The summed E-state index contributed by atoms with van der Waals surface area (Å²) in [4.78, 5) is 11.8. The summed E-state index contributed by atoms with van der Waals surface area (Å²) in [5.74, 6) is 0.193. The number of nitrogens with zero attached hydrogens (tertiary/aromatic N) is 3. The maximum Gasteiger partial charge on any atom is 0.166 e. The summed E-state index contributed by atoms with van der Waals surface area (Å²) >= 11 is 0. The molecular formula is C15H13N3O. The first-order valence-electron chi connectivity index (χ1n) is 6.35. The Morgan fingerprint density at radius 2 is 2.26 bits per heavy atom. The monoisotopic (exact) mass is 251 g/mol. The average Bonchev–Trinajstić information content (AvgIpc) is 2.84. The van der Waals surface area contributed by atoms with E-state index in [-0.39, 0.29) is 5.78 Å². The molecule has 1 heterocycles. The number of aromatic nitrogens is 2. The Balaban J connectivity index is 1.92. The fourth-order valence-electron chi connectivity index (χ4n) is 2.51. The fourth-order valence-corrected chi connectivity index (χ4v) is 2.51. The highest BCUT2D eigenvalue weighted by atomic mass is 16.1. The van der Waals surface area contributed by atoms with Gasteiger partial charge in [0.2, 0.25) is 0 Å². The van der Waals surface area contributed by atoms with Gasteiger partial charge in [-0.25, -0.2) is 0 Å². The second-order valence-electron chi connectivity index (χ2n) is 4.75. The number of benzene rings is 1. The van der Waals surface area contributed by atoms with E-state index < -0.39 is 0 Å². The largest absolute Gasteiger partial charge is 0.294 e. The van der Waals surface area contributed by atoms with Crippen molar-refractivity contribution in [1.29, 1.82) is 5.26 Å². The zero-order valence-electron chi connectivity index (χ0n) is 10.5. The molecule has 4 heteroatoms. The maximum absolute atomic E-state index is 11.8. The summed E-state index contributed by atoms with van der Waals surface area (Å²) in [5.41, 5.74) is 3.47. The number of Topliss-reactive ketones (excluding diaryl/α,β-unsaturated/α-hetero) is 1. The van der Waals surface area contributed by atoms with E-state index in [1.807, 2.05) is 22.9 Å². The number of rotatable bonds is 2. The maximum atomic E-state index is 11.8. The first kappa shape index (κ1) is 11.7. The van der Waals surface area contributed by atoms with Crippen LogP contribution < -0.4 is 0 Å². The number of hydrogen-bond donors (Lipinski definition) is 0. The van der Waals surface area contributed by atoms with Crippen molar-refractivity contribution < 1.29 is 4.79 Å². The first-order valence-corrected chi connectivity index (χ1v) is 6.35. The van der Waals surface area contributed by atoms with Gasteiger partial charge in [0, 0.05) is 12.1 Å². The van der Waals surface area contributed by atoms with Gasteiger partial charge in [0.15, 0.2) is 5.78 Å². The highest BCUT2D eigenvalue weighted by Crippen LogP contribution is 2.21. The third kappa shape index (κ3) is 2.15. The van der Waals surface area contributed by atoms with Crippen molar-refractivity contribution in [2.24, 2.45) is 0 Å². The number of fused-ring (bicyclic) bond motifs is 1. The predicted molar refractivity (Wildman–Crippen MR) is 69.8 cm³/mol. The van der Waals surface area contributed by atoms with Crippen LogP contribution in [0.2, 0.25) is 0 Å². The second-order valence-corrected chi connectivity index (χ2v) is 4.75. The number of carbonyl (C=O) groups is 1. The van der Waals surface area contributed by atoms with Crippen molar-refractivity contribution in [2.45, 2.75) is 25.8 Å². The molecule has 0 N–H and O–H groups in total. The summed E-state index contributed by atoms with van der Waals surface area (Å²) in [6.45, 7) is 0.609. The molecule has 4 nitrogen and oxygen atoms in total. The number of nitriles is 1. The molecule has 1 aromatic carbocycles. The molecule has 0 saturated heterocycles. The number of hydrogen-bond acceptors (Lipinski definition) is 3. The molecule has 0 amide bonds. The molecule has 94 valence electrons. The van der Waals surface area contributed by atoms with E-state index in [4.69, 9.17) is 5.26 Å². The SMILES string of the molecule is N#Cc1cccc(Cn2ncc3c2CCCC3=O)c1. The Kier molecular flexibility index (Phi) is 2.88. The van der Waals surface area contributed by atoms with Crippen LogP contribution in [-0.2, 0) is 13.0 Å². The lowest BCUT2D eigenvalue weighted by atomic mass is 9.97. The van der Waals surface area contributed by atoms with Crippen LogP contribution in [0.1, 0.15) is 40.0 Å². The number of ketones is 1. The standard InChI is InChI=1S/C15H13N3O/c16-8-11-3-1-4-12(7-11)10-18-14-5-2-6-15(19)13(14)9-17-18/h1,3-4,7,9H,2,5-6,10H2. The van der Waals surface area contributed by atoms with Crippen molar-refractivity contribution in [2.75, 3.05) is 0 Å². The third-order valence-corrected chi connectivity index (χ3v) is 3.45. The molecule has 19 heavy (non-hydrogen) atoms. The molecule has 2 aromatic rings. The van der Waals surface area contributed by atoms with Crippen LogP contribution in [0.3, 0.4) is 0 Å². The lowest BCUT2D eigenvalue weighted by molar-refractivity contribution is 0.0972. The topological polar surface area (TPSA) is 58.7 Å². The van der Waals surface area contributed by atoms with Crippen LogP contribution in [0.5, 0.6) is 0 Å². The molecule has 0 radical (unpaired) electrons. The highest BCUT2D eigenvalue weighted by molar-refractivity contribution is 5.97. The van der Waals surface area contributed by atoms with E-state index in [9.17, 15) is 4.79 Å². The average molecular weight is 251 g/mol. The molecule has 3 rings (SSSR count). The minimum absolute atomic E-state index is 0.193. The smallest absolute Gasteiger partial charge is 0.166 e. The first-order chi connectivity index (χ1) is 9.28. The molecule has 1 aliphatic carbocycles. The van der Waals surface area contributed by atoms with Gasteiger partial charge < -0.3 is 0 Å². The van der Waals surface area contributed by atoms with Crippen molar-refractivity contribution in [3.05, 3.63) is 52.8 Å². The van der Waals surface area contributed by atoms with Gasteiger partial charge in [0.25, 0.3) is 0 Å². The Labute approximate surface area is 111 Å². The Morgan fingerprint density at radius 3 is 3.11 bits per heavy atom. The molecular weight excluding hydrogens is 238 g/mol. The molecule has 0 aliphatic heterocycles. The molecule has 0 spiro atoms. The Morgan fingerprint density at radius 1 is 1.37 bits per heavy atom. The molecule has 1 aromatic heterocycles. The van der Waals surface area contributed by atoms with E-state index in [0.717, 1.165) is 29.7 Å². The normalized spacial score (nSPS) is 13.9. The number of carbonyl (C=O) groups excluding carboxylic acids is 1.